The van der Waals surface area contributed by atoms with Gasteiger partial charge in [-0.15, -0.1) is 0 Å². The summed E-state index contributed by atoms with van der Waals surface area (Å²) in [6.07, 6.45) is 14.0. The molecular formula is C13H27N. The van der Waals surface area contributed by atoms with Crippen LogP contribution < -0.4 is 5.73 Å². The predicted octanol–water partition coefficient (Wildman–Crippen LogP) is 3.86. The molecule has 0 radical (unpaired) electrons. The van der Waals surface area contributed by atoms with Crippen molar-refractivity contribution < 1.29 is 0 Å². The highest BCUT2D eigenvalue weighted by atomic mass is 14.7. The van der Waals surface area contributed by atoms with Crippen LogP contribution in [0.1, 0.15) is 71.1 Å². The lowest BCUT2D eigenvalue weighted by molar-refractivity contribution is 0.420. The predicted molar refractivity (Wildman–Crippen MR) is 63.3 cm³/mol. The SMILES string of the molecule is CCCCCCCC[C@H]1CCC[C@H]1N. The third kappa shape index (κ3) is 4.45. The van der Waals surface area contributed by atoms with Gasteiger partial charge in [0.15, 0.2) is 0 Å². The maximum atomic E-state index is 6.04. The lowest BCUT2D eigenvalue weighted by Crippen LogP contribution is -2.24. The second kappa shape index (κ2) is 7.28. The normalized spacial score (nSPS) is 27.0. The van der Waals surface area contributed by atoms with Crippen LogP contribution in [-0.2, 0) is 0 Å². The van der Waals surface area contributed by atoms with Crippen molar-refractivity contribution in [1.29, 1.82) is 0 Å². The summed E-state index contributed by atoms with van der Waals surface area (Å²) in [6.45, 7) is 2.28. The Bertz CT molecular complexity index is 133. The second-order valence-electron chi connectivity index (χ2n) is 4.91. The highest BCUT2D eigenvalue weighted by molar-refractivity contribution is 4.79. The minimum atomic E-state index is 0.533. The summed E-state index contributed by atoms with van der Waals surface area (Å²) in [7, 11) is 0. The lowest BCUT2D eigenvalue weighted by atomic mass is 9.96. The van der Waals surface area contributed by atoms with Crippen LogP contribution in [0, 0.1) is 5.92 Å². The molecule has 0 aliphatic heterocycles. The summed E-state index contributed by atoms with van der Waals surface area (Å²) in [6, 6.07) is 0.533. The van der Waals surface area contributed by atoms with E-state index in [1.54, 1.807) is 0 Å². The van der Waals surface area contributed by atoms with Gasteiger partial charge in [-0.05, 0) is 25.2 Å². The molecule has 1 rings (SSSR count). The molecular weight excluding hydrogens is 170 g/mol. The Hall–Kier alpha value is -0.0400. The Morgan fingerprint density at radius 1 is 1.00 bits per heavy atom. The summed E-state index contributed by atoms with van der Waals surface area (Å²) >= 11 is 0. The van der Waals surface area contributed by atoms with Crippen LogP contribution in [0.15, 0.2) is 0 Å². The fraction of sp³-hybridized carbons (Fsp3) is 1.00. The fourth-order valence-corrected chi connectivity index (χ4v) is 2.61. The largest absolute Gasteiger partial charge is 0.327 e. The van der Waals surface area contributed by atoms with E-state index in [9.17, 15) is 0 Å². The first-order valence-corrected chi connectivity index (χ1v) is 6.60. The molecule has 14 heavy (non-hydrogen) atoms. The average molecular weight is 197 g/mol. The quantitative estimate of drug-likeness (QED) is 0.616. The molecule has 1 saturated carbocycles. The van der Waals surface area contributed by atoms with E-state index in [0.717, 1.165) is 5.92 Å². The van der Waals surface area contributed by atoms with Crippen LogP contribution >= 0.6 is 0 Å². The van der Waals surface area contributed by atoms with E-state index in [0.29, 0.717) is 6.04 Å². The van der Waals surface area contributed by atoms with E-state index in [1.165, 1.54) is 64.2 Å². The van der Waals surface area contributed by atoms with Gasteiger partial charge in [0, 0.05) is 6.04 Å². The Morgan fingerprint density at radius 2 is 1.71 bits per heavy atom. The zero-order valence-corrected chi connectivity index (χ0v) is 9.80. The van der Waals surface area contributed by atoms with Gasteiger partial charge in [-0.2, -0.15) is 0 Å². The van der Waals surface area contributed by atoms with Crippen molar-refractivity contribution in [3.05, 3.63) is 0 Å². The van der Waals surface area contributed by atoms with Gasteiger partial charge in [0.05, 0.1) is 0 Å². The maximum Gasteiger partial charge on any atom is 0.00671 e. The zero-order chi connectivity index (χ0) is 10.2. The van der Waals surface area contributed by atoms with Gasteiger partial charge in [0.2, 0.25) is 0 Å². The molecule has 0 unspecified atom stereocenters. The van der Waals surface area contributed by atoms with Crippen molar-refractivity contribution in [1.82, 2.24) is 0 Å². The Balaban J connectivity index is 1.88. The highest BCUT2D eigenvalue weighted by Crippen LogP contribution is 2.28. The molecule has 1 aliphatic rings. The molecule has 1 nitrogen and oxygen atoms in total. The smallest absolute Gasteiger partial charge is 0.00671 e. The van der Waals surface area contributed by atoms with Gasteiger partial charge in [0.1, 0.15) is 0 Å². The molecule has 0 aromatic heterocycles. The topological polar surface area (TPSA) is 26.0 Å². The third-order valence-corrected chi connectivity index (χ3v) is 3.65. The van der Waals surface area contributed by atoms with Crippen LogP contribution in [0.4, 0.5) is 0 Å². The molecule has 84 valence electrons. The number of hydrogen-bond acceptors (Lipinski definition) is 1. The van der Waals surface area contributed by atoms with Crippen LogP contribution in [0.5, 0.6) is 0 Å². The number of nitrogens with two attached hydrogens (primary N) is 1. The molecule has 0 bridgehead atoms. The van der Waals surface area contributed by atoms with Crippen molar-refractivity contribution in [3.8, 4) is 0 Å². The van der Waals surface area contributed by atoms with Crippen molar-refractivity contribution in [2.24, 2.45) is 11.7 Å². The monoisotopic (exact) mass is 197 g/mol. The van der Waals surface area contributed by atoms with Gasteiger partial charge in [-0.25, -0.2) is 0 Å². The van der Waals surface area contributed by atoms with E-state index in [4.69, 9.17) is 5.73 Å². The average Bonchev–Trinajstić information content (AvgIpc) is 2.58. The van der Waals surface area contributed by atoms with Gasteiger partial charge in [0.25, 0.3) is 0 Å². The first-order chi connectivity index (χ1) is 6.84. The van der Waals surface area contributed by atoms with Gasteiger partial charge < -0.3 is 5.73 Å². The summed E-state index contributed by atoms with van der Waals surface area (Å²) in [4.78, 5) is 0. The minimum absolute atomic E-state index is 0.533. The van der Waals surface area contributed by atoms with Gasteiger partial charge in [-0.1, -0.05) is 51.9 Å². The first-order valence-electron chi connectivity index (χ1n) is 6.60. The molecule has 0 aromatic rings. The van der Waals surface area contributed by atoms with Gasteiger partial charge >= 0.3 is 0 Å². The van der Waals surface area contributed by atoms with Gasteiger partial charge in [-0.3, -0.25) is 0 Å². The summed E-state index contributed by atoms with van der Waals surface area (Å²) in [5, 5.41) is 0. The van der Waals surface area contributed by atoms with E-state index in [1.807, 2.05) is 0 Å². The third-order valence-electron chi connectivity index (χ3n) is 3.65. The van der Waals surface area contributed by atoms with E-state index < -0.39 is 0 Å². The fourth-order valence-electron chi connectivity index (χ4n) is 2.61. The van der Waals surface area contributed by atoms with E-state index in [2.05, 4.69) is 6.92 Å². The molecule has 1 fully saturated rings. The minimum Gasteiger partial charge on any atom is -0.327 e. The molecule has 1 heteroatoms. The summed E-state index contributed by atoms with van der Waals surface area (Å²) in [5.74, 6) is 0.862. The van der Waals surface area contributed by atoms with Crippen LogP contribution in [-0.4, -0.2) is 6.04 Å². The Labute approximate surface area is 89.5 Å². The van der Waals surface area contributed by atoms with Crippen molar-refractivity contribution in [3.63, 3.8) is 0 Å². The Kier molecular flexibility index (Phi) is 6.25. The highest BCUT2D eigenvalue weighted by Gasteiger charge is 2.22. The summed E-state index contributed by atoms with van der Waals surface area (Å²) in [5.41, 5.74) is 6.04. The van der Waals surface area contributed by atoms with Crippen LogP contribution in [0.25, 0.3) is 0 Å². The number of unbranched alkanes of at least 4 members (excludes halogenated alkanes) is 5. The van der Waals surface area contributed by atoms with Crippen molar-refractivity contribution >= 4 is 0 Å². The van der Waals surface area contributed by atoms with E-state index >= 15 is 0 Å². The molecule has 0 spiro atoms. The van der Waals surface area contributed by atoms with Crippen molar-refractivity contribution in [2.75, 3.05) is 0 Å². The second-order valence-corrected chi connectivity index (χ2v) is 4.91. The first kappa shape index (κ1) is 12.0. The number of hydrogen-bond donors (Lipinski definition) is 1. The summed E-state index contributed by atoms with van der Waals surface area (Å²) < 4.78 is 0. The molecule has 1 aliphatic carbocycles. The standard InChI is InChI=1S/C13H27N/c1-2-3-4-5-6-7-9-12-10-8-11-13(12)14/h12-13H,2-11,14H2,1H3/t12-,13+/m0/s1. The molecule has 2 N–H and O–H groups in total. The van der Waals surface area contributed by atoms with E-state index in [-0.39, 0.29) is 0 Å². The van der Waals surface area contributed by atoms with Crippen molar-refractivity contribution in [2.45, 2.75) is 77.2 Å². The van der Waals surface area contributed by atoms with Crippen LogP contribution in [0.2, 0.25) is 0 Å². The Morgan fingerprint density at radius 3 is 2.36 bits per heavy atom. The molecule has 0 heterocycles. The number of rotatable bonds is 7. The molecule has 0 aromatic carbocycles. The van der Waals surface area contributed by atoms with Crippen LogP contribution in [0.3, 0.4) is 0 Å². The lowest BCUT2D eigenvalue weighted by Gasteiger charge is -2.14. The zero-order valence-electron chi connectivity index (χ0n) is 9.80. The molecule has 0 saturated heterocycles. The molecule has 2 atom stereocenters. The maximum absolute atomic E-state index is 6.04. The molecule has 0 amide bonds.